The summed E-state index contributed by atoms with van der Waals surface area (Å²) in [6.45, 7) is 1.34. The van der Waals surface area contributed by atoms with Crippen LogP contribution >= 0.6 is 22.9 Å². The number of hydrogen-bond donors (Lipinski definition) is 3. The van der Waals surface area contributed by atoms with Gasteiger partial charge in [-0.15, -0.1) is 0 Å². The standard InChI is InChI=1S/C24H21ClF3N5OS/c25-16-5-3-14(19(10-16)24(26,27)28)9-18(13-4-6-20-15(8-13)11-30-32-20)21-22(34)31-23(35-21)33-7-1-2-17(29)12-33/h3-6,8-11,17,34H,1-2,7,12,29H2,(H,30,32)/t17-/m1/s1. The van der Waals surface area contributed by atoms with Crippen molar-refractivity contribution in [2.75, 3.05) is 18.0 Å². The Bertz CT molecular complexity index is 1410. The lowest BCUT2D eigenvalue weighted by molar-refractivity contribution is -0.137. The lowest BCUT2D eigenvalue weighted by Gasteiger charge is -2.30. The number of aromatic nitrogens is 3. The molecule has 3 heterocycles. The Labute approximate surface area is 207 Å². The fraction of sp³-hybridized carbons (Fsp3) is 0.250. The van der Waals surface area contributed by atoms with Gasteiger partial charge in [0.1, 0.15) is 4.88 Å². The molecule has 0 amide bonds. The van der Waals surface area contributed by atoms with E-state index in [4.69, 9.17) is 17.3 Å². The molecule has 1 fully saturated rings. The molecule has 1 atom stereocenters. The first-order valence-corrected chi connectivity index (χ1v) is 12.1. The van der Waals surface area contributed by atoms with Crippen molar-refractivity contribution in [1.82, 2.24) is 15.2 Å². The Morgan fingerprint density at radius 1 is 1.26 bits per heavy atom. The van der Waals surface area contributed by atoms with Crippen LogP contribution in [0, 0.1) is 0 Å². The number of halogens is 4. The SMILES string of the molecule is N[C@@H]1CCCN(c2nc(O)c(C(=Cc3ccc(Cl)cc3C(F)(F)F)c3ccc4[nH]ncc4c3)s2)C1. The van der Waals surface area contributed by atoms with Crippen LogP contribution in [0.1, 0.15) is 34.4 Å². The first-order chi connectivity index (χ1) is 16.7. The van der Waals surface area contributed by atoms with Crippen molar-refractivity contribution in [1.29, 1.82) is 0 Å². The van der Waals surface area contributed by atoms with E-state index in [1.807, 2.05) is 11.0 Å². The van der Waals surface area contributed by atoms with E-state index in [1.54, 1.807) is 18.3 Å². The molecule has 0 radical (unpaired) electrons. The fourth-order valence-corrected chi connectivity index (χ4v) is 5.45. The molecule has 6 nitrogen and oxygen atoms in total. The minimum atomic E-state index is -4.61. The Kier molecular flexibility index (Phi) is 6.20. The van der Waals surface area contributed by atoms with Gasteiger partial charge >= 0.3 is 6.18 Å². The van der Waals surface area contributed by atoms with Crippen molar-refractivity contribution in [3.63, 3.8) is 0 Å². The van der Waals surface area contributed by atoms with Crippen molar-refractivity contribution in [2.45, 2.75) is 25.1 Å². The number of benzene rings is 2. The molecule has 5 rings (SSSR count). The number of H-pyrrole nitrogens is 1. The smallest absolute Gasteiger partial charge is 0.417 e. The molecule has 35 heavy (non-hydrogen) atoms. The minimum absolute atomic E-state index is 0.000152. The summed E-state index contributed by atoms with van der Waals surface area (Å²) >= 11 is 7.10. The third-order valence-corrected chi connectivity index (χ3v) is 7.32. The number of nitrogens with two attached hydrogens (primary N) is 1. The van der Waals surface area contributed by atoms with Gasteiger partial charge in [0.05, 0.1) is 17.3 Å². The summed E-state index contributed by atoms with van der Waals surface area (Å²) in [6, 6.07) is 9.00. The van der Waals surface area contributed by atoms with E-state index in [0.29, 0.717) is 27.7 Å². The molecule has 4 N–H and O–H groups in total. The van der Waals surface area contributed by atoms with Gasteiger partial charge in [0.15, 0.2) is 5.13 Å². The van der Waals surface area contributed by atoms with Crippen molar-refractivity contribution in [3.8, 4) is 5.88 Å². The topological polar surface area (TPSA) is 91.1 Å². The number of aromatic amines is 1. The molecule has 1 saturated heterocycles. The van der Waals surface area contributed by atoms with Gasteiger partial charge in [-0.25, -0.2) is 0 Å². The predicted molar refractivity (Wildman–Crippen MR) is 133 cm³/mol. The minimum Gasteiger partial charge on any atom is -0.492 e. The molecule has 0 aliphatic carbocycles. The number of fused-ring (bicyclic) bond motifs is 1. The van der Waals surface area contributed by atoms with E-state index in [9.17, 15) is 18.3 Å². The predicted octanol–water partition coefficient (Wildman–Crippen LogP) is 5.91. The van der Waals surface area contributed by atoms with E-state index < -0.39 is 11.7 Å². The Morgan fingerprint density at radius 2 is 2.09 bits per heavy atom. The van der Waals surface area contributed by atoms with Gasteiger partial charge in [-0.3, -0.25) is 5.10 Å². The van der Waals surface area contributed by atoms with Gasteiger partial charge in [0.2, 0.25) is 5.88 Å². The van der Waals surface area contributed by atoms with Crippen molar-refractivity contribution < 1.29 is 18.3 Å². The molecular formula is C24H21ClF3N5OS. The lowest BCUT2D eigenvalue weighted by Crippen LogP contribution is -2.42. The van der Waals surface area contributed by atoms with Gasteiger partial charge in [0.25, 0.3) is 0 Å². The molecule has 1 aliphatic heterocycles. The molecule has 0 spiro atoms. The van der Waals surface area contributed by atoms with E-state index in [2.05, 4.69) is 15.2 Å². The van der Waals surface area contributed by atoms with Gasteiger partial charge in [-0.05, 0) is 54.3 Å². The van der Waals surface area contributed by atoms with Crippen LogP contribution in [-0.2, 0) is 6.18 Å². The number of piperidine rings is 1. The summed E-state index contributed by atoms with van der Waals surface area (Å²) in [5.41, 5.74) is 6.98. The van der Waals surface area contributed by atoms with Gasteiger partial charge in [-0.2, -0.15) is 23.3 Å². The quantitative estimate of drug-likeness (QED) is 0.291. The molecule has 182 valence electrons. The maximum Gasteiger partial charge on any atom is 0.417 e. The number of nitrogens with zero attached hydrogens (tertiary/aromatic N) is 3. The molecule has 0 bridgehead atoms. The van der Waals surface area contributed by atoms with Crippen LogP contribution in [0.2, 0.25) is 5.02 Å². The molecule has 1 aliphatic rings. The highest BCUT2D eigenvalue weighted by Crippen LogP contribution is 2.42. The zero-order valence-corrected chi connectivity index (χ0v) is 19.9. The summed E-state index contributed by atoms with van der Waals surface area (Å²) in [5.74, 6) is -0.245. The molecule has 2 aromatic heterocycles. The monoisotopic (exact) mass is 519 g/mol. The van der Waals surface area contributed by atoms with E-state index >= 15 is 0 Å². The Hall–Kier alpha value is -3.08. The zero-order valence-electron chi connectivity index (χ0n) is 18.3. The highest BCUT2D eigenvalue weighted by atomic mass is 35.5. The molecule has 2 aromatic carbocycles. The second-order valence-corrected chi connectivity index (χ2v) is 9.87. The molecule has 11 heteroatoms. The van der Waals surface area contributed by atoms with Gasteiger partial charge in [0, 0.05) is 35.1 Å². The van der Waals surface area contributed by atoms with Crippen LogP contribution in [-0.4, -0.2) is 39.4 Å². The number of anilines is 1. The lowest BCUT2D eigenvalue weighted by atomic mass is 9.98. The molecular weight excluding hydrogens is 499 g/mol. The molecule has 0 saturated carbocycles. The number of alkyl halides is 3. The molecule has 4 aromatic rings. The van der Waals surface area contributed by atoms with Crippen LogP contribution in [0.3, 0.4) is 0 Å². The molecule has 0 unspecified atom stereocenters. The van der Waals surface area contributed by atoms with Crippen molar-refractivity contribution >= 4 is 50.6 Å². The van der Waals surface area contributed by atoms with Gasteiger partial charge < -0.3 is 15.7 Å². The normalized spacial score (nSPS) is 17.3. The van der Waals surface area contributed by atoms with Crippen LogP contribution in [0.4, 0.5) is 18.3 Å². The maximum atomic E-state index is 13.8. The third kappa shape index (κ3) is 4.86. The van der Waals surface area contributed by atoms with Crippen LogP contribution in [0.25, 0.3) is 22.6 Å². The van der Waals surface area contributed by atoms with E-state index in [-0.39, 0.29) is 22.5 Å². The largest absolute Gasteiger partial charge is 0.492 e. The zero-order chi connectivity index (χ0) is 24.7. The van der Waals surface area contributed by atoms with E-state index in [1.165, 1.54) is 29.5 Å². The average Bonchev–Trinajstić information content (AvgIpc) is 3.43. The Balaban J connectivity index is 1.68. The number of nitrogens with one attached hydrogen (secondary N) is 1. The Morgan fingerprint density at radius 3 is 2.86 bits per heavy atom. The van der Waals surface area contributed by atoms with Crippen molar-refractivity contribution in [3.05, 3.63) is 69.2 Å². The van der Waals surface area contributed by atoms with Crippen LogP contribution < -0.4 is 10.6 Å². The number of hydrogen-bond acceptors (Lipinski definition) is 6. The highest BCUT2D eigenvalue weighted by Gasteiger charge is 2.33. The maximum absolute atomic E-state index is 13.8. The summed E-state index contributed by atoms with van der Waals surface area (Å²) in [4.78, 5) is 6.70. The first kappa shape index (κ1) is 23.7. The summed E-state index contributed by atoms with van der Waals surface area (Å²) in [5, 5.41) is 19.1. The fourth-order valence-electron chi connectivity index (χ4n) is 4.24. The first-order valence-electron chi connectivity index (χ1n) is 10.9. The third-order valence-electron chi connectivity index (χ3n) is 5.94. The number of aromatic hydroxyl groups is 1. The van der Waals surface area contributed by atoms with Crippen LogP contribution in [0.15, 0.2) is 42.6 Å². The highest BCUT2D eigenvalue weighted by molar-refractivity contribution is 7.17. The van der Waals surface area contributed by atoms with E-state index in [0.717, 1.165) is 36.4 Å². The second kappa shape index (κ2) is 9.18. The van der Waals surface area contributed by atoms with Crippen molar-refractivity contribution in [2.24, 2.45) is 5.73 Å². The summed E-state index contributed by atoms with van der Waals surface area (Å²) in [6.07, 6.45) is 0.247. The van der Waals surface area contributed by atoms with Gasteiger partial charge in [-0.1, -0.05) is 35.1 Å². The number of rotatable bonds is 4. The summed E-state index contributed by atoms with van der Waals surface area (Å²) in [7, 11) is 0. The number of thiazole rings is 1. The van der Waals surface area contributed by atoms with Crippen LogP contribution in [0.5, 0.6) is 5.88 Å². The summed E-state index contributed by atoms with van der Waals surface area (Å²) < 4.78 is 41.5. The second-order valence-electron chi connectivity index (χ2n) is 8.46. The average molecular weight is 520 g/mol.